The van der Waals surface area contributed by atoms with Crippen LogP contribution in [0.4, 0.5) is 20.4 Å². The second-order valence-corrected chi connectivity index (χ2v) is 11.0. The Morgan fingerprint density at radius 3 is 2.82 bits per heavy atom. The summed E-state index contributed by atoms with van der Waals surface area (Å²) in [5.74, 6) is 0.0399. The Morgan fingerprint density at radius 1 is 1.20 bits per heavy atom. The third kappa shape index (κ3) is 5.72. The molecule has 2 aliphatic rings. The van der Waals surface area contributed by atoms with Crippen molar-refractivity contribution < 1.29 is 23.0 Å². The number of nitrogens with two attached hydrogens (primary N) is 1. The summed E-state index contributed by atoms with van der Waals surface area (Å²) >= 11 is 0. The molecule has 0 aliphatic carbocycles. The molecule has 2 atom stereocenters. The predicted octanol–water partition coefficient (Wildman–Crippen LogP) is 5.35. The summed E-state index contributed by atoms with van der Waals surface area (Å²) in [6.07, 6.45) is 4.39. The van der Waals surface area contributed by atoms with E-state index < -0.39 is 17.6 Å². The molecule has 2 saturated heterocycles. The lowest BCUT2D eigenvalue weighted by Crippen LogP contribution is -2.22. The maximum absolute atomic E-state index is 14.8. The third-order valence-electron chi connectivity index (χ3n) is 8.09. The summed E-state index contributed by atoms with van der Waals surface area (Å²) in [6.45, 7) is 3.84. The highest BCUT2D eigenvalue weighted by molar-refractivity contribution is 6.00. The van der Waals surface area contributed by atoms with Crippen LogP contribution in [0.3, 0.4) is 0 Å². The van der Waals surface area contributed by atoms with Gasteiger partial charge in [-0.25, -0.2) is 18.6 Å². The monoisotopic (exact) mass is 602 g/mol. The number of ether oxygens (including phenoxy) is 1. The molecule has 12 heteroatoms. The maximum Gasteiger partial charge on any atom is 0.349 e. The van der Waals surface area contributed by atoms with E-state index in [2.05, 4.69) is 25.2 Å². The number of nitrogens with one attached hydrogen (secondary N) is 1. The molecule has 0 bridgehead atoms. The molecule has 2 fully saturated rings. The smallest absolute Gasteiger partial charge is 0.349 e. The first kappa shape index (κ1) is 29.2. The Morgan fingerprint density at radius 2 is 2.05 bits per heavy atom. The molecule has 7 rings (SSSR count). The van der Waals surface area contributed by atoms with Crippen LogP contribution in [0.25, 0.3) is 33.0 Å². The van der Waals surface area contributed by atoms with Crippen LogP contribution in [0.15, 0.2) is 57.9 Å². The first-order valence-electron chi connectivity index (χ1n) is 14.3. The quantitative estimate of drug-likeness (QED) is 0.241. The summed E-state index contributed by atoms with van der Waals surface area (Å²) in [4.78, 5) is 28.1. The first-order valence-corrected chi connectivity index (χ1v) is 14.3. The van der Waals surface area contributed by atoms with Crippen LogP contribution in [0.1, 0.15) is 30.4 Å². The molecular formula is C32H32F2N6O4. The SMILES string of the molecule is COc1nc(NCc2ccnc(N)c2)c2c(=O)oc(-c3cc(O)cc4cccc(F)c34)c(C)c2n1.FC1CC2CCCN2C1. The van der Waals surface area contributed by atoms with Gasteiger partial charge in [-0.1, -0.05) is 12.1 Å². The fourth-order valence-corrected chi connectivity index (χ4v) is 6.07. The van der Waals surface area contributed by atoms with Gasteiger partial charge < -0.3 is 25.3 Å². The fraction of sp³-hybridized carbons (Fsp3) is 0.312. The van der Waals surface area contributed by atoms with Gasteiger partial charge in [0.1, 0.15) is 40.5 Å². The van der Waals surface area contributed by atoms with Gasteiger partial charge in [-0.3, -0.25) is 4.90 Å². The van der Waals surface area contributed by atoms with E-state index in [9.17, 15) is 18.7 Å². The highest BCUT2D eigenvalue weighted by Crippen LogP contribution is 2.38. The van der Waals surface area contributed by atoms with Crippen molar-refractivity contribution in [3.05, 3.63) is 76.0 Å². The van der Waals surface area contributed by atoms with Crippen molar-refractivity contribution in [1.82, 2.24) is 19.9 Å². The van der Waals surface area contributed by atoms with Gasteiger partial charge in [0.25, 0.3) is 0 Å². The topological polar surface area (TPSA) is 140 Å². The normalized spacial score (nSPS) is 17.8. The van der Waals surface area contributed by atoms with Gasteiger partial charge in [0, 0.05) is 41.8 Å². The van der Waals surface area contributed by atoms with Gasteiger partial charge in [0.05, 0.1) is 12.6 Å². The molecular weight excluding hydrogens is 570 g/mol. The second-order valence-electron chi connectivity index (χ2n) is 11.0. The first-order chi connectivity index (χ1) is 21.2. The van der Waals surface area contributed by atoms with Crippen LogP contribution in [0.5, 0.6) is 11.8 Å². The molecule has 2 aliphatic heterocycles. The van der Waals surface area contributed by atoms with E-state index in [-0.39, 0.29) is 45.2 Å². The zero-order valence-corrected chi connectivity index (χ0v) is 24.3. The number of methoxy groups -OCH3 is 1. The average molecular weight is 603 g/mol. The summed E-state index contributed by atoms with van der Waals surface area (Å²) < 4.78 is 38.4. The number of fused-ring (bicyclic) bond motifs is 3. The Hall–Kier alpha value is -4.84. The number of aromatic hydroxyl groups is 1. The predicted molar refractivity (Wildman–Crippen MR) is 164 cm³/mol. The van der Waals surface area contributed by atoms with Crippen LogP contribution < -0.4 is 21.4 Å². The number of hydrogen-bond acceptors (Lipinski definition) is 10. The number of halogens is 2. The number of aromatic nitrogens is 3. The molecule has 0 radical (unpaired) electrons. The molecule has 0 saturated carbocycles. The molecule has 44 heavy (non-hydrogen) atoms. The standard InChI is InChI=1S/C25H20FN5O4.C7H12FN/c1-12-21-20(23(31-25(30-21)34-2)29-11-13-6-7-28-18(27)8-13)24(33)35-22(12)16-10-15(32)9-14-4-3-5-17(26)19(14)16;8-6-4-7-2-1-3-9(7)5-6/h3-10,32H,11H2,1-2H3,(H2,27,28)(H,29,30,31);6-7H,1-5H2. The lowest BCUT2D eigenvalue weighted by atomic mass is 9.98. The molecule has 5 heterocycles. The van der Waals surface area contributed by atoms with E-state index in [0.717, 1.165) is 18.5 Å². The number of alkyl halides is 1. The van der Waals surface area contributed by atoms with Crippen LogP contribution in [0, 0.1) is 12.7 Å². The minimum absolute atomic E-state index is 0.0286. The molecule has 0 spiro atoms. The number of pyridine rings is 1. The van der Waals surface area contributed by atoms with Crippen LogP contribution in [0.2, 0.25) is 0 Å². The van der Waals surface area contributed by atoms with Gasteiger partial charge in [-0.2, -0.15) is 9.97 Å². The zero-order chi connectivity index (χ0) is 31.0. The molecule has 0 amide bonds. The van der Waals surface area contributed by atoms with E-state index in [1.807, 2.05) is 0 Å². The van der Waals surface area contributed by atoms with Crippen LogP contribution >= 0.6 is 0 Å². The van der Waals surface area contributed by atoms with E-state index in [4.69, 9.17) is 14.9 Å². The molecule has 2 unspecified atom stereocenters. The fourth-order valence-electron chi connectivity index (χ4n) is 6.07. The van der Waals surface area contributed by atoms with Crippen molar-refractivity contribution in [3.8, 4) is 23.1 Å². The second kappa shape index (κ2) is 12.0. The van der Waals surface area contributed by atoms with Crippen LogP contribution in [-0.4, -0.2) is 57.4 Å². The lowest BCUT2D eigenvalue weighted by Gasteiger charge is -2.14. The number of benzene rings is 2. The average Bonchev–Trinajstić information content (AvgIpc) is 3.58. The van der Waals surface area contributed by atoms with E-state index in [1.54, 1.807) is 31.3 Å². The number of nitrogens with zero attached hydrogens (tertiary/aromatic N) is 4. The minimum Gasteiger partial charge on any atom is -0.508 e. The highest BCUT2D eigenvalue weighted by Gasteiger charge is 2.34. The summed E-state index contributed by atoms with van der Waals surface area (Å²) in [6, 6.07) is 11.4. The summed E-state index contributed by atoms with van der Waals surface area (Å²) in [5, 5.41) is 14.1. The van der Waals surface area contributed by atoms with Crippen molar-refractivity contribution in [1.29, 1.82) is 0 Å². The van der Waals surface area contributed by atoms with Crippen LogP contribution in [-0.2, 0) is 6.54 Å². The maximum atomic E-state index is 14.8. The van der Waals surface area contributed by atoms with Crippen molar-refractivity contribution in [2.24, 2.45) is 0 Å². The van der Waals surface area contributed by atoms with Crippen molar-refractivity contribution in [3.63, 3.8) is 0 Å². The highest BCUT2D eigenvalue weighted by atomic mass is 19.1. The number of anilines is 2. The number of rotatable bonds is 5. The van der Waals surface area contributed by atoms with Crippen molar-refractivity contribution >= 4 is 33.3 Å². The molecule has 10 nitrogen and oxygen atoms in total. The van der Waals surface area contributed by atoms with E-state index in [0.29, 0.717) is 35.9 Å². The zero-order valence-electron chi connectivity index (χ0n) is 24.3. The van der Waals surface area contributed by atoms with E-state index >= 15 is 0 Å². The molecule has 228 valence electrons. The molecule has 4 N–H and O–H groups in total. The molecule has 2 aromatic carbocycles. The van der Waals surface area contributed by atoms with Gasteiger partial charge in [0.15, 0.2) is 0 Å². The molecule has 3 aromatic heterocycles. The Kier molecular flexibility index (Phi) is 8.00. The largest absolute Gasteiger partial charge is 0.508 e. The lowest BCUT2D eigenvalue weighted by molar-refractivity contribution is 0.292. The van der Waals surface area contributed by atoms with Gasteiger partial charge in [0.2, 0.25) is 0 Å². The number of phenols is 1. The Balaban J connectivity index is 0.000000323. The number of nitrogen functional groups attached to an aromatic ring is 1. The Labute approximate surface area is 251 Å². The number of aryl methyl sites for hydroxylation is 1. The summed E-state index contributed by atoms with van der Waals surface area (Å²) in [7, 11) is 1.41. The van der Waals surface area contributed by atoms with Gasteiger partial charge in [-0.05, 0) is 74.0 Å². The third-order valence-corrected chi connectivity index (χ3v) is 8.09. The number of hydrogen-bond donors (Lipinski definition) is 3. The van der Waals surface area contributed by atoms with Crippen molar-refractivity contribution in [2.75, 3.05) is 31.2 Å². The van der Waals surface area contributed by atoms with Gasteiger partial charge in [-0.15, -0.1) is 0 Å². The summed E-state index contributed by atoms with van der Waals surface area (Å²) in [5.41, 5.74) is 6.79. The minimum atomic E-state index is -0.729. The molecule has 5 aromatic rings. The Bertz CT molecular complexity index is 1900. The van der Waals surface area contributed by atoms with Crippen molar-refractivity contribution in [2.45, 2.75) is 44.9 Å². The van der Waals surface area contributed by atoms with Gasteiger partial charge >= 0.3 is 11.6 Å². The van der Waals surface area contributed by atoms with E-state index in [1.165, 1.54) is 44.2 Å². The number of phenolic OH excluding ortho intramolecular Hbond substituents is 1.